The quantitative estimate of drug-likeness (QED) is 0.691. The number of hydrogen-bond donors (Lipinski definition) is 0. The molecule has 1 aromatic rings. The van der Waals surface area contributed by atoms with Crippen LogP contribution in [0.15, 0.2) is 6.20 Å². The maximum atomic E-state index is 11.8. The van der Waals surface area contributed by atoms with Crippen molar-refractivity contribution in [2.45, 2.75) is 32.7 Å². The van der Waals surface area contributed by atoms with Gasteiger partial charge in [0.1, 0.15) is 0 Å². The number of aryl methyl sites for hydroxylation is 1. The maximum Gasteiger partial charge on any atom is 0.0912 e. The van der Waals surface area contributed by atoms with Gasteiger partial charge in [-0.15, -0.1) is 5.10 Å². The van der Waals surface area contributed by atoms with Crippen molar-refractivity contribution in [3.63, 3.8) is 0 Å². The van der Waals surface area contributed by atoms with Crippen molar-refractivity contribution in [2.75, 3.05) is 6.67 Å². The van der Waals surface area contributed by atoms with Gasteiger partial charge in [0.2, 0.25) is 0 Å². The van der Waals surface area contributed by atoms with Gasteiger partial charge in [-0.1, -0.05) is 19.1 Å². The van der Waals surface area contributed by atoms with E-state index in [4.69, 9.17) is 0 Å². The molecule has 0 bridgehead atoms. The van der Waals surface area contributed by atoms with Crippen molar-refractivity contribution < 1.29 is 4.39 Å². The van der Waals surface area contributed by atoms with Crippen LogP contribution in [0.2, 0.25) is 0 Å². The lowest BCUT2D eigenvalue weighted by Gasteiger charge is -1.96. The van der Waals surface area contributed by atoms with Crippen LogP contribution >= 0.6 is 0 Å². The molecule has 12 heavy (non-hydrogen) atoms. The Balaban J connectivity index is 2.52. The lowest BCUT2D eigenvalue weighted by Crippen LogP contribution is -1.99. The van der Waals surface area contributed by atoms with E-state index in [2.05, 4.69) is 24.2 Å². The summed E-state index contributed by atoms with van der Waals surface area (Å²) in [5.41, 5.74) is 0.967. The molecule has 0 amide bonds. The molecule has 0 aliphatic rings. The molecule has 0 saturated heterocycles. The molecule has 0 atom stereocenters. The summed E-state index contributed by atoms with van der Waals surface area (Å²) in [6.07, 6.45) is 2.39. The summed E-state index contributed by atoms with van der Waals surface area (Å²) in [5, 5.41) is 7.83. The third-order valence-corrected chi connectivity index (χ3v) is 1.67. The summed E-state index contributed by atoms with van der Waals surface area (Å²) in [6, 6.07) is 0. The van der Waals surface area contributed by atoms with Crippen molar-refractivity contribution in [1.29, 1.82) is 0 Å². The molecule has 1 heterocycles. The summed E-state index contributed by atoms with van der Waals surface area (Å²) >= 11 is 0. The van der Waals surface area contributed by atoms with Crippen molar-refractivity contribution in [2.24, 2.45) is 0 Å². The molecule has 4 heteroatoms. The number of aromatic nitrogens is 3. The molecular formula is C8H14FN3. The predicted octanol–water partition coefficient (Wildman–Crippen LogP) is 1.76. The number of rotatable bonds is 4. The second kappa shape index (κ2) is 4.18. The zero-order valence-electron chi connectivity index (χ0n) is 7.50. The minimum absolute atomic E-state index is 0.295. The third-order valence-electron chi connectivity index (χ3n) is 1.67. The summed E-state index contributed by atoms with van der Waals surface area (Å²) in [7, 11) is 0. The molecule has 3 nitrogen and oxygen atoms in total. The van der Waals surface area contributed by atoms with Gasteiger partial charge in [0.15, 0.2) is 0 Å². The van der Waals surface area contributed by atoms with E-state index in [1.54, 1.807) is 4.68 Å². The van der Waals surface area contributed by atoms with E-state index in [-0.39, 0.29) is 6.67 Å². The van der Waals surface area contributed by atoms with Crippen molar-refractivity contribution >= 4 is 0 Å². The van der Waals surface area contributed by atoms with Crippen molar-refractivity contribution in [1.82, 2.24) is 15.0 Å². The molecular weight excluding hydrogens is 157 g/mol. The van der Waals surface area contributed by atoms with E-state index < -0.39 is 0 Å². The Morgan fingerprint density at radius 1 is 1.58 bits per heavy atom. The highest BCUT2D eigenvalue weighted by Crippen LogP contribution is 2.08. The fourth-order valence-electron chi connectivity index (χ4n) is 0.909. The number of hydrogen-bond acceptors (Lipinski definition) is 2. The average molecular weight is 171 g/mol. The van der Waals surface area contributed by atoms with Crippen LogP contribution in [0.1, 0.15) is 31.9 Å². The molecule has 0 aliphatic heterocycles. The summed E-state index contributed by atoms with van der Waals surface area (Å²) in [6.45, 7) is 4.44. The topological polar surface area (TPSA) is 30.7 Å². The number of alkyl halides is 1. The Bertz CT molecular complexity index is 232. The Morgan fingerprint density at radius 2 is 2.33 bits per heavy atom. The Labute approximate surface area is 71.6 Å². The van der Waals surface area contributed by atoms with Crippen LogP contribution in [-0.4, -0.2) is 21.7 Å². The maximum absolute atomic E-state index is 11.8. The molecule has 0 radical (unpaired) electrons. The lowest BCUT2D eigenvalue weighted by molar-refractivity contribution is 0.431. The third kappa shape index (κ3) is 2.29. The lowest BCUT2D eigenvalue weighted by atomic mass is 10.2. The molecule has 1 aromatic heterocycles. The van der Waals surface area contributed by atoms with Crippen molar-refractivity contribution in [3.8, 4) is 0 Å². The predicted molar refractivity (Wildman–Crippen MR) is 44.7 cm³/mol. The Morgan fingerprint density at radius 3 is 2.83 bits per heavy atom. The molecule has 0 unspecified atom stereocenters. The normalized spacial score (nSPS) is 11.0. The van der Waals surface area contributed by atoms with Crippen molar-refractivity contribution in [3.05, 3.63) is 11.9 Å². The van der Waals surface area contributed by atoms with Crippen LogP contribution in [0.4, 0.5) is 4.39 Å². The zero-order valence-corrected chi connectivity index (χ0v) is 7.50. The molecule has 1 rings (SSSR count). The van der Waals surface area contributed by atoms with Crippen LogP contribution in [0.25, 0.3) is 0 Å². The Hall–Kier alpha value is -0.930. The standard InChI is InChI=1S/C8H14FN3/c1-7(2)8-6-12(11-10-8)5-3-4-9/h6-7H,3-5H2,1-2H3. The fraction of sp³-hybridized carbons (Fsp3) is 0.750. The highest BCUT2D eigenvalue weighted by Gasteiger charge is 2.03. The summed E-state index contributed by atoms with van der Waals surface area (Å²) in [5.74, 6) is 0.393. The van der Waals surface area contributed by atoms with Gasteiger partial charge in [0.25, 0.3) is 0 Å². The van der Waals surface area contributed by atoms with Crippen LogP contribution in [0.3, 0.4) is 0 Å². The van der Waals surface area contributed by atoms with E-state index in [1.807, 2.05) is 6.20 Å². The highest BCUT2D eigenvalue weighted by atomic mass is 19.1. The van der Waals surface area contributed by atoms with Crippen LogP contribution in [0.5, 0.6) is 0 Å². The van der Waals surface area contributed by atoms with Gasteiger partial charge in [-0.25, -0.2) is 0 Å². The van der Waals surface area contributed by atoms with Crippen LogP contribution < -0.4 is 0 Å². The molecule has 0 aromatic carbocycles. The minimum atomic E-state index is -0.295. The summed E-state index contributed by atoms with van der Waals surface area (Å²) < 4.78 is 13.5. The summed E-state index contributed by atoms with van der Waals surface area (Å²) in [4.78, 5) is 0. The first kappa shape index (κ1) is 9.16. The first-order valence-corrected chi connectivity index (χ1v) is 4.20. The van der Waals surface area contributed by atoms with Crippen LogP contribution in [0, 0.1) is 0 Å². The number of halogens is 1. The van der Waals surface area contributed by atoms with Gasteiger partial charge < -0.3 is 0 Å². The average Bonchev–Trinajstić information content (AvgIpc) is 2.48. The molecule has 0 spiro atoms. The SMILES string of the molecule is CC(C)c1cn(CCCF)nn1. The van der Waals surface area contributed by atoms with E-state index >= 15 is 0 Å². The van der Waals surface area contributed by atoms with E-state index in [1.165, 1.54) is 0 Å². The second-order valence-corrected chi connectivity index (χ2v) is 3.10. The van der Waals surface area contributed by atoms with Gasteiger partial charge in [0.05, 0.1) is 12.4 Å². The first-order chi connectivity index (χ1) is 5.74. The van der Waals surface area contributed by atoms with Gasteiger partial charge >= 0.3 is 0 Å². The largest absolute Gasteiger partial charge is 0.252 e. The van der Waals surface area contributed by atoms with Gasteiger partial charge in [0, 0.05) is 12.7 Å². The Kier molecular flexibility index (Phi) is 3.19. The fourth-order valence-corrected chi connectivity index (χ4v) is 0.909. The van der Waals surface area contributed by atoms with E-state index in [0.29, 0.717) is 18.9 Å². The zero-order chi connectivity index (χ0) is 8.97. The minimum Gasteiger partial charge on any atom is -0.252 e. The van der Waals surface area contributed by atoms with E-state index in [0.717, 1.165) is 5.69 Å². The van der Waals surface area contributed by atoms with Gasteiger partial charge in [-0.3, -0.25) is 9.07 Å². The molecule has 0 N–H and O–H groups in total. The first-order valence-electron chi connectivity index (χ1n) is 4.20. The molecule has 68 valence electrons. The van der Waals surface area contributed by atoms with Crippen LogP contribution in [-0.2, 0) is 6.54 Å². The monoisotopic (exact) mass is 171 g/mol. The highest BCUT2D eigenvalue weighted by molar-refractivity contribution is 4.97. The smallest absolute Gasteiger partial charge is 0.0912 e. The molecule has 0 fully saturated rings. The molecule has 0 aliphatic carbocycles. The second-order valence-electron chi connectivity index (χ2n) is 3.10. The van der Waals surface area contributed by atoms with E-state index in [9.17, 15) is 4.39 Å². The van der Waals surface area contributed by atoms with Gasteiger partial charge in [-0.05, 0) is 12.3 Å². The molecule has 0 saturated carbocycles. The van der Waals surface area contributed by atoms with Gasteiger partial charge in [-0.2, -0.15) is 0 Å². The number of nitrogens with zero attached hydrogens (tertiary/aromatic N) is 3.